The Bertz CT molecular complexity index is 3380. The van der Waals surface area contributed by atoms with Crippen molar-refractivity contribution in [3.63, 3.8) is 0 Å². The number of fused-ring (bicyclic) bond motifs is 4. The third-order valence-electron chi connectivity index (χ3n) is 14.8. The maximum atomic E-state index is 12.8. The number of rotatable bonds is 59. The lowest BCUT2D eigenvalue weighted by atomic mass is 9.94. The highest BCUT2D eigenvalue weighted by Gasteiger charge is 2.26. The zero-order valence-corrected chi connectivity index (χ0v) is 58.1. The fourth-order valence-corrected chi connectivity index (χ4v) is 9.71. The smallest absolute Gasteiger partial charge is 0.326 e. The molecule has 0 aliphatic carbocycles. The number of H-pyrrole nitrogens is 1. The molecule has 0 fully saturated rings. The van der Waals surface area contributed by atoms with Crippen molar-refractivity contribution in [3.8, 4) is 0 Å². The number of benzene rings is 2. The average molecular weight is 1410 g/mol. The first-order valence-electron chi connectivity index (χ1n) is 34.2. The Morgan fingerprint density at radius 2 is 1.11 bits per heavy atom. The highest BCUT2D eigenvalue weighted by molar-refractivity contribution is 6.06. The van der Waals surface area contributed by atoms with Crippen LogP contribution in [-0.2, 0) is 95.5 Å². The van der Waals surface area contributed by atoms with E-state index in [-0.39, 0.29) is 65.7 Å². The second kappa shape index (κ2) is 48.2. The molecule has 0 spiro atoms. The van der Waals surface area contributed by atoms with Gasteiger partial charge in [-0.2, -0.15) is 4.98 Å². The van der Waals surface area contributed by atoms with E-state index in [4.69, 9.17) is 78.0 Å². The summed E-state index contributed by atoms with van der Waals surface area (Å²) in [5.74, 6) is -0.924. The number of nitrogens with zero attached hydrogens (tertiary/aromatic N) is 6. The van der Waals surface area contributed by atoms with Gasteiger partial charge >= 0.3 is 5.97 Å². The Balaban J connectivity index is 0.597. The quantitative estimate of drug-likeness (QED) is 0.0253. The van der Waals surface area contributed by atoms with E-state index in [0.29, 0.717) is 215 Å². The Morgan fingerprint density at radius 1 is 0.590 bits per heavy atom. The van der Waals surface area contributed by atoms with Gasteiger partial charge in [-0.25, -0.2) is 24.7 Å². The van der Waals surface area contributed by atoms with Gasteiger partial charge < -0.3 is 104 Å². The van der Waals surface area contributed by atoms with Crippen molar-refractivity contribution in [3.05, 3.63) is 82.2 Å². The topological polar surface area (TPSA) is 411 Å². The summed E-state index contributed by atoms with van der Waals surface area (Å²) in [6.07, 6.45) is 5.00. The van der Waals surface area contributed by atoms with E-state index in [9.17, 15) is 29.1 Å². The molecule has 0 bridgehead atoms. The summed E-state index contributed by atoms with van der Waals surface area (Å²) in [6.45, 7) is 19.2. The van der Waals surface area contributed by atoms with Crippen LogP contribution in [0, 0.1) is 5.41 Å². The van der Waals surface area contributed by atoms with Gasteiger partial charge in [0.25, 0.3) is 11.5 Å². The number of unbranched alkanes of at least 4 members (excludes halogenated alkanes) is 1. The summed E-state index contributed by atoms with van der Waals surface area (Å²) in [5.41, 5.74) is 15.3. The number of aliphatic carboxylic acids is 1. The number of ether oxygens (including phenoxy) is 13. The maximum absolute atomic E-state index is 12.8. The number of aromatic amines is 1. The lowest BCUT2D eigenvalue weighted by Crippen LogP contribution is -2.41. The molecular weight excluding hydrogens is 1300 g/mol. The number of amides is 3. The molecule has 0 aliphatic rings. The number of pyridine rings is 1. The second-order valence-corrected chi connectivity index (χ2v) is 23.6. The standard InChI is InChI=1S/C68H103N13O19/c1-4-5-11-56-78-59-61(53-9-6-7-10-54(53)76-62(59)69)81(56)48-68(2,3)49-100-23-20-72-58(83)18-22-89-25-27-91-29-31-93-33-35-95-37-39-97-41-43-99-45-44-98-42-40-96-38-36-94-34-32-92-30-28-90-26-24-88-21-8-19-71-57(82)17-16-55(66(86)87)77-64(84)50-12-14-51(15-13-50)73-46-52-47-74-63-60(75-52)65(85)80-67(70)79-63/h6-7,9-10,12-15,47,55,73H,4-5,8,11,16-46,48-49H2,1-3H3,(H2,69,76)(H,71,82)(H,72,83)(H,77,84)(H,86,87)(H3,70,74,79,80,85). The van der Waals surface area contributed by atoms with Gasteiger partial charge in [0.05, 0.1) is 195 Å². The van der Waals surface area contributed by atoms with Crippen LogP contribution in [0.3, 0.4) is 0 Å². The summed E-state index contributed by atoms with van der Waals surface area (Å²) < 4.78 is 74.9. The van der Waals surface area contributed by atoms with E-state index >= 15 is 0 Å². The van der Waals surface area contributed by atoms with Crippen molar-refractivity contribution in [2.45, 2.75) is 84.8 Å². The number of aryl methyl sites for hydroxylation is 1. The molecule has 10 N–H and O–H groups in total. The molecule has 6 aromatic rings. The summed E-state index contributed by atoms with van der Waals surface area (Å²) in [5, 5.41) is 22.0. The van der Waals surface area contributed by atoms with Crippen molar-refractivity contribution < 1.29 is 85.9 Å². The molecule has 1 atom stereocenters. The SMILES string of the molecule is CCCCc1nc2c(N)nc3ccccc3c2n1CC(C)(C)COCCNC(=O)CCOCCOCCOCCOCCOCCOCCOCCOCCOCCOCCOCCOCCCNC(=O)CCC(NC(=O)c1ccc(NCc2cnc3nc(N)[nH]c(=O)c3n2)cc1)C(=O)O. The van der Waals surface area contributed by atoms with E-state index in [2.05, 4.69) is 77.6 Å². The van der Waals surface area contributed by atoms with Crippen molar-refractivity contribution in [2.75, 3.05) is 202 Å². The fourth-order valence-electron chi connectivity index (χ4n) is 9.71. The number of carbonyl (C=O) groups excluding carboxylic acids is 3. The summed E-state index contributed by atoms with van der Waals surface area (Å²) in [7, 11) is 0. The number of para-hydroxylation sites is 1. The molecule has 1 unspecified atom stereocenters. The monoisotopic (exact) mass is 1410 g/mol. The molecule has 2 aromatic carbocycles. The van der Waals surface area contributed by atoms with Crippen LogP contribution >= 0.6 is 0 Å². The van der Waals surface area contributed by atoms with Crippen LogP contribution in [0.1, 0.15) is 81.2 Å². The van der Waals surface area contributed by atoms with Crippen LogP contribution in [0.15, 0.2) is 59.5 Å². The van der Waals surface area contributed by atoms with Gasteiger partial charge in [-0.3, -0.25) is 24.2 Å². The third kappa shape index (κ3) is 32.3. The molecule has 3 amide bonds. The number of carboxylic acid groups (broad SMARTS) is 1. The summed E-state index contributed by atoms with van der Waals surface area (Å²) >= 11 is 0. The van der Waals surface area contributed by atoms with Gasteiger partial charge in [-0.15, -0.1) is 0 Å². The summed E-state index contributed by atoms with van der Waals surface area (Å²) in [4.78, 5) is 86.0. The normalized spacial score (nSPS) is 12.0. The van der Waals surface area contributed by atoms with Crippen LogP contribution in [0.25, 0.3) is 33.1 Å². The molecule has 0 saturated heterocycles. The van der Waals surface area contributed by atoms with Crippen molar-refractivity contribution in [1.82, 2.24) is 50.4 Å². The number of aromatic nitrogens is 7. The van der Waals surface area contributed by atoms with Gasteiger partial charge in [0.2, 0.25) is 17.8 Å². The molecular formula is C68H103N13O19. The van der Waals surface area contributed by atoms with E-state index < -0.39 is 23.5 Å². The first kappa shape index (κ1) is 81.3. The molecule has 32 heteroatoms. The molecule has 6 rings (SSSR count). The second-order valence-electron chi connectivity index (χ2n) is 23.6. The first-order valence-corrected chi connectivity index (χ1v) is 34.2. The average Bonchev–Trinajstić information content (AvgIpc) is 1.59. The van der Waals surface area contributed by atoms with Crippen LogP contribution < -0.4 is 38.3 Å². The number of carboxylic acids is 1. The van der Waals surface area contributed by atoms with Crippen LogP contribution in [-0.4, -0.2) is 254 Å². The first-order chi connectivity index (χ1) is 48.7. The fraction of sp³-hybridized carbons (Fsp3) is 0.618. The Kier molecular flexibility index (Phi) is 39.2. The van der Waals surface area contributed by atoms with Gasteiger partial charge in [-0.05, 0) is 49.6 Å². The Morgan fingerprint density at radius 3 is 1.66 bits per heavy atom. The van der Waals surface area contributed by atoms with E-state index in [1.165, 1.54) is 18.3 Å². The largest absolute Gasteiger partial charge is 0.480 e. The Hall–Kier alpha value is -7.70. The molecule has 100 heavy (non-hydrogen) atoms. The molecule has 0 aliphatic heterocycles. The zero-order valence-electron chi connectivity index (χ0n) is 58.1. The van der Waals surface area contributed by atoms with Crippen LogP contribution in [0.2, 0.25) is 0 Å². The highest BCUT2D eigenvalue weighted by atomic mass is 16.6. The predicted molar refractivity (Wildman–Crippen MR) is 372 cm³/mol. The van der Waals surface area contributed by atoms with Gasteiger partial charge in [-0.1, -0.05) is 45.4 Å². The van der Waals surface area contributed by atoms with Crippen molar-refractivity contribution in [2.24, 2.45) is 5.41 Å². The van der Waals surface area contributed by atoms with Crippen LogP contribution in [0.4, 0.5) is 17.5 Å². The van der Waals surface area contributed by atoms with E-state index in [1.54, 1.807) is 12.1 Å². The third-order valence-corrected chi connectivity index (χ3v) is 14.8. The lowest BCUT2D eigenvalue weighted by Gasteiger charge is -2.27. The van der Waals surface area contributed by atoms with Crippen LogP contribution in [0.5, 0.6) is 0 Å². The van der Waals surface area contributed by atoms with E-state index in [0.717, 1.165) is 47.0 Å². The summed E-state index contributed by atoms with van der Waals surface area (Å²) in [6, 6.07) is 13.1. The number of nitrogen functional groups attached to an aromatic ring is 2. The molecule has 0 saturated carbocycles. The minimum atomic E-state index is -1.28. The number of carbonyl (C=O) groups is 4. The number of imidazole rings is 1. The molecule has 32 nitrogen and oxygen atoms in total. The minimum Gasteiger partial charge on any atom is -0.480 e. The molecule has 4 heterocycles. The number of hydrogen-bond donors (Lipinski definition) is 8. The Labute approximate surface area is 582 Å². The highest BCUT2D eigenvalue weighted by Crippen LogP contribution is 2.32. The molecule has 4 aromatic heterocycles. The number of nitrogens with one attached hydrogen (secondary N) is 5. The molecule has 0 radical (unpaired) electrons. The minimum absolute atomic E-state index is 0.0502. The van der Waals surface area contributed by atoms with Gasteiger partial charge in [0, 0.05) is 67.6 Å². The number of anilines is 3. The lowest BCUT2D eigenvalue weighted by molar-refractivity contribution is -0.139. The number of hydrogen-bond acceptors (Lipinski definition) is 26. The maximum Gasteiger partial charge on any atom is 0.326 e. The zero-order chi connectivity index (χ0) is 71.3. The number of nitrogens with two attached hydrogens (primary N) is 2. The van der Waals surface area contributed by atoms with Crippen molar-refractivity contribution in [1.29, 1.82) is 0 Å². The van der Waals surface area contributed by atoms with E-state index in [1.807, 2.05) is 18.2 Å². The predicted octanol–water partition coefficient (Wildman–Crippen LogP) is 3.65. The van der Waals surface area contributed by atoms with Crippen molar-refractivity contribution >= 4 is 74.2 Å². The molecule has 554 valence electrons. The van der Waals surface area contributed by atoms with Gasteiger partial charge in [0.15, 0.2) is 17.0 Å². The van der Waals surface area contributed by atoms with Gasteiger partial charge in [0.1, 0.15) is 17.4 Å².